The molecule has 1 aliphatic carbocycles. The van der Waals surface area contributed by atoms with Crippen LogP contribution in [0.1, 0.15) is 35.1 Å². The summed E-state index contributed by atoms with van der Waals surface area (Å²) >= 11 is 0. The minimum Gasteiger partial charge on any atom is -0.249 e. The first-order valence-electron chi connectivity index (χ1n) is 9.12. The summed E-state index contributed by atoms with van der Waals surface area (Å²) in [7, 11) is -3.52. The summed E-state index contributed by atoms with van der Waals surface area (Å²) in [6, 6.07) is 13.3. The second kappa shape index (κ2) is 7.62. The molecule has 0 aliphatic heterocycles. The smallest absolute Gasteiger partial charge is 0.240 e. The van der Waals surface area contributed by atoms with E-state index in [1.807, 2.05) is 36.4 Å². The molecule has 1 heterocycles. The third-order valence-electron chi connectivity index (χ3n) is 4.93. The summed E-state index contributed by atoms with van der Waals surface area (Å²) in [6.07, 6.45) is 7.50. The van der Waals surface area contributed by atoms with Crippen LogP contribution >= 0.6 is 0 Å². The summed E-state index contributed by atoms with van der Waals surface area (Å²) in [4.78, 5) is 4.28. The van der Waals surface area contributed by atoms with Crippen molar-refractivity contribution in [1.29, 1.82) is 0 Å². The van der Waals surface area contributed by atoms with E-state index in [0.29, 0.717) is 11.4 Å². The van der Waals surface area contributed by atoms with E-state index in [0.717, 1.165) is 30.4 Å². The second-order valence-electron chi connectivity index (χ2n) is 6.87. The summed E-state index contributed by atoms with van der Waals surface area (Å²) in [5.41, 5.74) is 4.45. The maximum Gasteiger partial charge on any atom is 0.240 e. The fourth-order valence-electron chi connectivity index (χ4n) is 3.40. The van der Waals surface area contributed by atoms with Gasteiger partial charge in [0.1, 0.15) is 12.7 Å². The number of hydrogen-bond acceptors (Lipinski definition) is 4. The Labute approximate surface area is 159 Å². The van der Waals surface area contributed by atoms with Gasteiger partial charge in [-0.05, 0) is 60.1 Å². The van der Waals surface area contributed by atoms with Gasteiger partial charge in [-0.1, -0.05) is 30.3 Å². The van der Waals surface area contributed by atoms with Gasteiger partial charge in [-0.25, -0.2) is 22.8 Å². The molecular weight excluding hydrogens is 360 g/mol. The molecule has 1 aromatic heterocycles. The van der Waals surface area contributed by atoms with Crippen molar-refractivity contribution in [1.82, 2.24) is 19.5 Å². The van der Waals surface area contributed by atoms with Crippen molar-refractivity contribution in [3.8, 4) is 0 Å². The zero-order valence-electron chi connectivity index (χ0n) is 15.0. The fourth-order valence-corrected chi connectivity index (χ4v) is 4.47. The molecule has 27 heavy (non-hydrogen) atoms. The Morgan fingerprint density at radius 3 is 2.44 bits per heavy atom. The van der Waals surface area contributed by atoms with Crippen molar-refractivity contribution in [2.45, 2.75) is 43.7 Å². The van der Waals surface area contributed by atoms with E-state index in [4.69, 9.17) is 0 Å². The SMILES string of the molecule is O=S(=O)(NCc1ccc(Cn2cncn2)cc1)c1ccc2c(c1)CCCC2. The Morgan fingerprint density at radius 2 is 1.70 bits per heavy atom. The van der Waals surface area contributed by atoms with Gasteiger partial charge in [0.25, 0.3) is 0 Å². The highest BCUT2D eigenvalue weighted by atomic mass is 32.2. The van der Waals surface area contributed by atoms with Crippen molar-refractivity contribution in [3.05, 3.63) is 77.4 Å². The molecule has 0 radical (unpaired) electrons. The van der Waals surface area contributed by atoms with Crippen LogP contribution in [-0.4, -0.2) is 23.2 Å². The zero-order chi connectivity index (χ0) is 18.7. The van der Waals surface area contributed by atoms with Crippen molar-refractivity contribution >= 4 is 10.0 Å². The first kappa shape index (κ1) is 17.9. The summed E-state index contributed by atoms with van der Waals surface area (Å²) < 4.78 is 29.7. The second-order valence-corrected chi connectivity index (χ2v) is 8.64. The quantitative estimate of drug-likeness (QED) is 0.711. The third kappa shape index (κ3) is 4.26. The highest BCUT2D eigenvalue weighted by Gasteiger charge is 2.17. The standard InChI is InChI=1S/C20H22N4O2S/c25-27(26,20-10-9-18-3-1-2-4-19(18)11-20)23-12-16-5-7-17(8-6-16)13-24-15-21-14-22-24/h5-11,14-15,23H,1-4,12-13H2. The van der Waals surface area contributed by atoms with Crippen LogP contribution in [-0.2, 0) is 36.0 Å². The molecule has 2 aromatic carbocycles. The Morgan fingerprint density at radius 1 is 0.963 bits per heavy atom. The molecular formula is C20H22N4O2S. The van der Waals surface area contributed by atoms with Gasteiger partial charge in [-0.3, -0.25) is 0 Å². The van der Waals surface area contributed by atoms with Crippen molar-refractivity contribution in [3.63, 3.8) is 0 Å². The monoisotopic (exact) mass is 382 g/mol. The minimum atomic E-state index is -3.52. The van der Waals surface area contributed by atoms with Gasteiger partial charge < -0.3 is 0 Å². The van der Waals surface area contributed by atoms with Gasteiger partial charge in [0.05, 0.1) is 11.4 Å². The highest BCUT2D eigenvalue weighted by molar-refractivity contribution is 7.89. The first-order valence-corrected chi connectivity index (χ1v) is 10.6. The van der Waals surface area contributed by atoms with Crippen LogP contribution < -0.4 is 4.72 Å². The molecule has 0 saturated carbocycles. The molecule has 0 amide bonds. The van der Waals surface area contributed by atoms with Crippen LogP contribution in [0.15, 0.2) is 60.0 Å². The number of aromatic nitrogens is 3. The Hall–Kier alpha value is -2.51. The van der Waals surface area contributed by atoms with E-state index >= 15 is 0 Å². The number of aryl methyl sites for hydroxylation is 2. The van der Waals surface area contributed by atoms with E-state index in [1.54, 1.807) is 17.1 Å². The highest BCUT2D eigenvalue weighted by Crippen LogP contribution is 2.24. The van der Waals surface area contributed by atoms with E-state index in [2.05, 4.69) is 14.8 Å². The third-order valence-corrected chi connectivity index (χ3v) is 6.33. The molecule has 1 N–H and O–H groups in total. The lowest BCUT2D eigenvalue weighted by Crippen LogP contribution is -2.23. The molecule has 6 nitrogen and oxygen atoms in total. The average Bonchev–Trinajstić information content (AvgIpc) is 3.20. The van der Waals surface area contributed by atoms with E-state index in [1.165, 1.54) is 23.9 Å². The predicted molar refractivity (Wildman–Crippen MR) is 103 cm³/mol. The average molecular weight is 382 g/mol. The van der Waals surface area contributed by atoms with E-state index in [-0.39, 0.29) is 6.54 Å². The van der Waals surface area contributed by atoms with E-state index in [9.17, 15) is 8.42 Å². The van der Waals surface area contributed by atoms with Gasteiger partial charge >= 0.3 is 0 Å². The Bertz CT molecular complexity index is 1010. The van der Waals surface area contributed by atoms with Crippen LogP contribution in [0.4, 0.5) is 0 Å². The van der Waals surface area contributed by atoms with Gasteiger partial charge in [0.2, 0.25) is 10.0 Å². The normalized spacial score (nSPS) is 14.1. The van der Waals surface area contributed by atoms with Crippen LogP contribution in [0.3, 0.4) is 0 Å². The number of nitrogens with one attached hydrogen (secondary N) is 1. The molecule has 1 aliphatic rings. The molecule has 3 aromatic rings. The molecule has 7 heteroatoms. The summed E-state index contributed by atoms with van der Waals surface area (Å²) in [6.45, 7) is 0.907. The zero-order valence-corrected chi connectivity index (χ0v) is 15.8. The van der Waals surface area contributed by atoms with Crippen LogP contribution in [0.5, 0.6) is 0 Å². The number of hydrogen-bond donors (Lipinski definition) is 1. The molecule has 4 rings (SSSR count). The minimum absolute atomic E-state index is 0.267. The van der Waals surface area contributed by atoms with Gasteiger partial charge in [-0.15, -0.1) is 0 Å². The predicted octanol–water partition coefficient (Wildman–Crippen LogP) is 2.68. The summed E-state index contributed by atoms with van der Waals surface area (Å²) in [5, 5.41) is 4.08. The van der Waals surface area contributed by atoms with Gasteiger partial charge in [0.15, 0.2) is 0 Å². The van der Waals surface area contributed by atoms with Crippen molar-refractivity contribution in [2.75, 3.05) is 0 Å². The number of rotatable bonds is 6. The summed E-state index contributed by atoms with van der Waals surface area (Å²) in [5.74, 6) is 0. The molecule has 0 atom stereocenters. The topological polar surface area (TPSA) is 76.9 Å². The lowest BCUT2D eigenvalue weighted by Gasteiger charge is -2.16. The molecule has 0 unspecified atom stereocenters. The maximum absolute atomic E-state index is 12.6. The van der Waals surface area contributed by atoms with Crippen LogP contribution in [0.25, 0.3) is 0 Å². The van der Waals surface area contributed by atoms with Crippen molar-refractivity contribution < 1.29 is 8.42 Å². The Balaban J connectivity index is 1.41. The fraction of sp³-hybridized carbons (Fsp3) is 0.300. The lowest BCUT2D eigenvalue weighted by molar-refractivity contribution is 0.580. The first-order chi connectivity index (χ1) is 13.1. The molecule has 140 valence electrons. The molecule has 0 fully saturated rings. The van der Waals surface area contributed by atoms with Crippen LogP contribution in [0, 0.1) is 0 Å². The van der Waals surface area contributed by atoms with Gasteiger partial charge in [-0.2, -0.15) is 5.10 Å². The number of benzene rings is 2. The largest absolute Gasteiger partial charge is 0.249 e. The van der Waals surface area contributed by atoms with Crippen molar-refractivity contribution in [2.24, 2.45) is 0 Å². The molecule has 0 spiro atoms. The number of fused-ring (bicyclic) bond motifs is 1. The van der Waals surface area contributed by atoms with Crippen LogP contribution in [0.2, 0.25) is 0 Å². The molecule has 0 bridgehead atoms. The van der Waals surface area contributed by atoms with Gasteiger partial charge in [0, 0.05) is 6.54 Å². The molecule has 0 saturated heterocycles. The number of sulfonamides is 1. The van der Waals surface area contributed by atoms with E-state index < -0.39 is 10.0 Å². The number of nitrogens with zero attached hydrogens (tertiary/aromatic N) is 3. The maximum atomic E-state index is 12.6. The Kier molecular flexibility index (Phi) is 5.05. The lowest BCUT2D eigenvalue weighted by atomic mass is 9.92.